The van der Waals surface area contributed by atoms with Crippen molar-refractivity contribution in [3.8, 4) is 51.2 Å². The Kier molecular flexibility index (Phi) is 10.00. The quantitative estimate of drug-likeness (QED) is 0.200. The van der Waals surface area contributed by atoms with Gasteiger partial charge >= 0.3 is 0 Å². The van der Waals surface area contributed by atoms with Gasteiger partial charge in [-0.15, -0.1) is 0 Å². The van der Waals surface area contributed by atoms with Gasteiger partial charge in [0.05, 0.1) is 31.7 Å². The number of H-pyrrole nitrogens is 1. The molecule has 3 aromatic carbocycles. The van der Waals surface area contributed by atoms with Crippen LogP contribution in [0.3, 0.4) is 0 Å². The predicted octanol–water partition coefficient (Wildman–Crippen LogP) is 6.08. The lowest BCUT2D eigenvalue weighted by molar-refractivity contribution is 0.281. The molecule has 7 heteroatoms. The highest BCUT2D eigenvalue weighted by atomic mass is 16.5. The third-order valence-corrected chi connectivity index (χ3v) is 6.37. The van der Waals surface area contributed by atoms with Gasteiger partial charge in [0, 0.05) is 29.8 Å². The Morgan fingerprint density at radius 3 is 1.56 bits per heavy atom. The molecule has 1 heterocycles. The molecule has 0 spiro atoms. The molecule has 0 saturated heterocycles. The van der Waals surface area contributed by atoms with Crippen LogP contribution in [0.4, 0.5) is 0 Å². The Labute approximate surface area is 232 Å². The van der Waals surface area contributed by atoms with Crippen LogP contribution in [-0.4, -0.2) is 81.4 Å². The number of methoxy groups -OCH3 is 1. The van der Waals surface area contributed by atoms with Gasteiger partial charge < -0.3 is 29.0 Å². The van der Waals surface area contributed by atoms with E-state index in [0.717, 1.165) is 77.1 Å². The van der Waals surface area contributed by atoms with Crippen molar-refractivity contribution in [2.45, 2.75) is 12.8 Å². The maximum Gasteiger partial charge on any atom is 0.138 e. The fourth-order valence-corrected chi connectivity index (χ4v) is 4.25. The molecule has 0 amide bonds. The van der Waals surface area contributed by atoms with E-state index in [1.807, 2.05) is 48.5 Å². The molecular formula is C32H40N4O3. The van der Waals surface area contributed by atoms with Gasteiger partial charge in [-0.3, -0.25) is 0 Å². The molecular weight excluding hydrogens is 488 g/mol. The summed E-state index contributed by atoms with van der Waals surface area (Å²) in [5.41, 5.74) is 4.90. The van der Waals surface area contributed by atoms with Gasteiger partial charge in [-0.1, -0.05) is 0 Å². The standard InChI is InChI=1S/C32H40N4O3/c1-35(2)20-6-22-38-28-16-8-24(9-17-28)30-31(34-32(33-30)26-12-14-27(37-5)15-13-26)25-10-18-29(19-11-25)39-23-7-21-36(3)4/h8-19H,6-7,20-23H2,1-5H3,(H,33,34). The summed E-state index contributed by atoms with van der Waals surface area (Å²) in [6.07, 6.45) is 1.97. The molecule has 4 rings (SSSR count). The Morgan fingerprint density at radius 2 is 1.08 bits per heavy atom. The van der Waals surface area contributed by atoms with Crippen LogP contribution in [0.5, 0.6) is 17.2 Å². The number of nitrogens with one attached hydrogen (secondary N) is 1. The maximum absolute atomic E-state index is 5.94. The summed E-state index contributed by atoms with van der Waals surface area (Å²) in [5, 5.41) is 0. The van der Waals surface area contributed by atoms with Gasteiger partial charge in [-0.25, -0.2) is 4.98 Å². The number of nitrogens with zero attached hydrogens (tertiary/aromatic N) is 3. The summed E-state index contributed by atoms with van der Waals surface area (Å²) in [6, 6.07) is 24.3. The van der Waals surface area contributed by atoms with E-state index in [0.29, 0.717) is 13.2 Å². The highest BCUT2D eigenvalue weighted by Crippen LogP contribution is 2.35. The van der Waals surface area contributed by atoms with Crippen molar-refractivity contribution < 1.29 is 14.2 Å². The van der Waals surface area contributed by atoms with Crippen molar-refractivity contribution in [1.82, 2.24) is 19.8 Å². The van der Waals surface area contributed by atoms with Crippen LogP contribution in [0, 0.1) is 0 Å². The molecule has 7 nitrogen and oxygen atoms in total. The first-order valence-electron chi connectivity index (χ1n) is 13.4. The fourth-order valence-electron chi connectivity index (χ4n) is 4.25. The summed E-state index contributed by atoms with van der Waals surface area (Å²) in [4.78, 5) is 12.9. The number of aromatic nitrogens is 2. The van der Waals surface area contributed by atoms with E-state index < -0.39 is 0 Å². The molecule has 1 aromatic heterocycles. The van der Waals surface area contributed by atoms with E-state index in [1.165, 1.54) is 0 Å². The van der Waals surface area contributed by atoms with E-state index in [4.69, 9.17) is 19.2 Å². The van der Waals surface area contributed by atoms with E-state index in [-0.39, 0.29) is 0 Å². The molecule has 0 fully saturated rings. The van der Waals surface area contributed by atoms with Crippen molar-refractivity contribution >= 4 is 0 Å². The topological polar surface area (TPSA) is 62.9 Å². The molecule has 39 heavy (non-hydrogen) atoms. The summed E-state index contributed by atoms with van der Waals surface area (Å²) in [7, 11) is 9.96. The lowest BCUT2D eigenvalue weighted by Gasteiger charge is -2.11. The number of benzene rings is 3. The highest BCUT2D eigenvalue weighted by molar-refractivity contribution is 5.81. The molecule has 0 unspecified atom stereocenters. The Morgan fingerprint density at radius 1 is 0.615 bits per heavy atom. The van der Waals surface area contributed by atoms with Crippen molar-refractivity contribution in [3.05, 3.63) is 72.8 Å². The van der Waals surface area contributed by atoms with E-state index >= 15 is 0 Å². The van der Waals surface area contributed by atoms with Crippen LogP contribution in [0.1, 0.15) is 12.8 Å². The Balaban J connectivity index is 1.57. The molecule has 0 saturated carbocycles. The molecule has 206 valence electrons. The normalized spacial score (nSPS) is 11.3. The fraction of sp³-hybridized carbons (Fsp3) is 0.344. The molecule has 0 bridgehead atoms. The minimum atomic E-state index is 0.691. The third-order valence-electron chi connectivity index (χ3n) is 6.37. The zero-order valence-corrected chi connectivity index (χ0v) is 23.7. The molecule has 1 N–H and O–H groups in total. The molecule has 0 aliphatic carbocycles. The van der Waals surface area contributed by atoms with Crippen molar-refractivity contribution in [3.63, 3.8) is 0 Å². The van der Waals surface area contributed by atoms with Crippen molar-refractivity contribution in [2.75, 3.05) is 61.6 Å². The maximum atomic E-state index is 5.94. The monoisotopic (exact) mass is 528 g/mol. The van der Waals surface area contributed by atoms with Gasteiger partial charge in [-0.2, -0.15) is 0 Å². The molecule has 0 aliphatic rings. The van der Waals surface area contributed by atoms with Gasteiger partial charge in [0.2, 0.25) is 0 Å². The largest absolute Gasteiger partial charge is 0.497 e. The smallest absolute Gasteiger partial charge is 0.138 e. The summed E-state index contributed by atoms with van der Waals surface area (Å²) in [6.45, 7) is 3.39. The second-order valence-corrected chi connectivity index (χ2v) is 10.1. The van der Waals surface area contributed by atoms with Crippen LogP contribution in [-0.2, 0) is 0 Å². The minimum Gasteiger partial charge on any atom is -0.497 e. The van der Waals surface area contributed by atoms with Crippen LogP contribution in [0.25, 0.3) is 33.9 Å². The predicted molar refractivity (Wildman–Crippen MR) is 159 cm³/mol. The second kappa shape index (κ2) is 13.8. The number of aromatic amines is 1. The first kappa shape index (κ1) is 28.2. The molecule has 4 aromatic rings. The number of imidazole rings is 1. The minimum absolute atomic E-state index is 0.691. The molecule has 0 radical (unpaired) electrons. The average molecular weight is 529 g/mol. The summed E-state index contributed by atoms with van der Waals surface area (Å²) >= 11 is 0. The van der Waals surface area contributed by atoms with Gasteiger partial charge in [0.25, 0.3) is 0 Å². The van der Waals surface area contributed by atoms with E-state index in [9.17, 15) is 0 Å². The third kappa shape index (κ3) is 8.09. The van der Waals surface area contributed by atoms with Gasteiger partial charge in [0.15, 0.2) is 0 Å². The van der Waals surface area contributed by atoms with Crippen LogP contribution in [0.2, 0.25) is 0 Å². The zero-order valence-electron chi connectivity index (χ0n) is 23.7. The number of rotatable bonds is 14. The average Bonchev–Trinajstić information content (AvgIpc) is 3.39. The highest BCUT2D eigenvalue weighted by Gasteiger charge is 2.16. The Hall–Kier alpha value is -3.81. The van der Waals surface area contributed by atoms with Gasteiger partial charge in [-0.05, 0) is 114 Å². The number of hydrogen-bond donors (Lipinski definition) is 1. The summed E-state index contributed by atoms with van der Waals surface area (Å²) < 4.78 is 17.2. The van der Waals surface area contributed by atoms with Gasteiger partial charge in [0.1, 0.15) is 23.1 Å². The SMILES string of the molecule is COc1ccc(-c2nc(-c3ccc(OCCCN(C)C)cc3)c(-c3ccc(OCCCN(C)C)cc3)[nH]2)cc1. The van der Waals surface area contributed by atoms with Crippen LogP contribution >= 0.6 is 0 Å². The van der Waals surface area contributed by atoms with Crippen molar-refractivity contribution in [1.29, 1.82) is 0 Å². The lowest BCUT2D eigenvalue weighted by Crippen LogP contribution is -2.15. The lowest BCUT2D eigenvalue weighted by atomic mass is 10.0. The number of ether oxygens (including phenoxy) is 3. The zero-order chi connectivity index (χ0) is 27.6. The van der Waals surface area contributed by atoms with E-state index in [2.05, 4.69) is 67.2 Å². The Bertz CT molecular complexity index is 1200. The first-order chi connectivity index (χ1) is 18.9. The first-order valence-corrected chi connectivity index (χ1v) is 13.4. The second-order valence-electron chi connectivity index (χ2n) is 10.1. The molecule has 0 aliphatic heterocycles. The van der Waals surface area contributed by atoms with Crippen LogP contribution in [0.15, 0.2) is 72.8 Å². The van der Waals surface area contributed by atoms with E-state index in [1.54, 1.807) is 7.11 Å². The van der Waals surface area contributed by atoms with Crippen molar-refractivity contribution in [2.24, 2.45) is 0 Å². The number of hydrogen-bond acceptors (Lipinski definition) is 6. The summed E-state index contributed by atoms with van der Waals surface area (Å²) in [5.74, 6) is 3.34. The van der Waals surface area contributed by atoms with Crippen LogP contribution < -0.4 is 14.2 Å². The molecule has 0 atom stereocenters.